The molecule has 0 aromatic carbocycles. The fourth-order valence-corrected chi connectivity index (χ4v) is 2.64. The number of carbonyl (C=O) groups excluding carboxylic acids is 4. The van der Waals surface area contributed by atoms with Crippen LogP contribution in [0.2, 0.25) is 0 Å². The lowest BCUT2D eigenvalue weighted by Gasteiger charge is -2.29. The van der Waals surface area contributed by atoms with E-state index in [0.717, 1.165) is 29.2 Å². The Morgan fingerprint density at radius 1 is 1.33 bits per heavy atom. The number of imide groups is 2. The van der Waals surface area contributed by atoms with E-state index in [1.54, 1.807) is 4.90 Å². The Morgan fingerprint density at radius 2 is 2.05 bits per heavy atom. The molecule has 2 aliphatic rings. The fourth-order valence-electron chi connectivity index (χ4n) is 2.64. The standard InChI is InChI=1S/C13H20N4O4/c1-3-6-16(9-4-5-14-7-9)10(18)8-17-12(20)11(19)15(2)13(17)21/h9,14H,3-8H2,1-2H3. The Kier molecular flexibility index (Phi) is 4.56. The Balaban J connectivity index is 2.06. The molecule has 0 saturated carbocycles. The van der Waals surface area contributed by atoms with Crippen molar-refractivity contribution in [2.45, 2.75) is 25.8 Å². The molecule has 1 atom stereocenters. The van der Waals surface area contributed by atoms with Gasteiger partial charge in [-0.3, -0.25) is 19.3 Å². The van der Waals surface area contributed by atoms with Crippen LogP contribution in [-0.2, 0) is 14.4 Å². The largest absolute Gasteiger partial charge is 0.337 e. The van der Waals surface area contributed by atoms with Crippen LogP contribution in [0.3, 0.4) is 0 Å². The number of carbonyl (C=O) groups is 4. The number of rotatable bonds is 5. The predicted molar refractivity (Wildman–Crippen MR) is 73.2 cm³/mol. The normalized spacial score (nSPS) is 22.4. The maximum absolute atomic E-state index is 12.4. The molecule has 0 bridgehead atoms. The van der Waals surface area contributed by atoms with Crippen LogP contribution in [0.1, 0.15) is 19.8 Å². The van der Waals surface area contributed by atoms with Gasteiger partial charge in [-0.05, 0) is 19.4 Å². The molecule has 2 aliphatic heterocycles. The van der Waals surface area contributed by atoms with Gasteiger partial charge in [0.1, 0.15) is 6.54 Å². The average molecular weight is 296 g/mol. The maximum Gasteiger partial charge on any atom is 0.334 e. The van der Waals surface area contributed by atoms with E-state index >= 15 is 0 Å². The van der Waals surface area contributed by atoms with Crippen molar-refractivity contribution < 1.29 is 19.2 Å². The van der Waals surface area contributed by atoms with Crippen molar-refractivity contribution in [3.63, 3.8) is 0 Å². The predicted octanol–water partition coefficient (Wildman–Crippen LogP) is -0.992. The molecule has 8 nitrogen and oxygen atoms in total. The quantitative estimate of drug-likeness (QED) is 0.519. The SMILES string of the molecule is CCCN(C(=O)CN1C(=O)C(=O)N(C)C1=O)C1CCNC1. The summed E-state index contributed by atoms with van der Waals surface area (Å²) in [7, 11) is 1.23. The van der Waals surface area contributed by atoms with Crippen LogP contribution in [0, 0.1) is 0 Å². The van der Waals surface area contributed by atoms with Crippen molar-refractivity contribution in [3.8, 4) is 0 Å². The third-order valence-electron chi connectivity index (χ3n) is 3.80. The van der Waals surface area contributed by atoms with Gasteiger partial charge in [0.05, 0.1) is 0 Å². The fraction of sp³-hybridized carbons (Fsp3) is 0.692. The van der Waals surface area contributed by atoms with Gasteiger partial charge in [0.25, 0.3) is 0 Å². The first kappa shape index (κ1) is 15.4. The summed E-state index contributed by atoms with van der Waals surface area (Å²) in [6.45, 7) is 3.73. The van der Waals surface area contributed by atoms with E-state index in [4.69, 9.17) is 0 Å². The Hall–Kier alpha value is -1.96. The topological polar surface area (TPSA) is 90.0 Å². The van der Waals surface area contributed by atoms with E-state index in [-0.39, 0.29) is 18.5 Å². The van der Waals surface area contributed by atoms with Gasteiger partial charge in [0, 0.05) is 26.2 Å². The smallest absolute Gasteiger partial charge is 0.334 e. The highest BCUT2D eigenvalue weighted by molar-refractivity contribution is 6.44. The summed E-state index contributed by atoms with van der Waals surface area (Å²) in [5, 5.41) is 3.19. The lowest BCUT2D eigenvalue weighted by molar-refractivity contribution is -0.145. The van der Waals surface area contributed by atoms with Crippen molar-refractivity contribution in [1.29, 1.82) is 0 Å². The molecular formula is C13H20N4O4. The van der Waals surface area contributed by atoms with Gasteiger partial charge in [-0.25, -0.2) is 9.69 Å². The van der Waals surface area contributed by atoms with Gasteiger partial charge in [-0.2, -0.15) is 0 Å². The molecule has 5 amide bonds. The van der Waals surface area contributed by atoms with Crippen molar-refractivity contribution in [1.82, 2.24) is 20.0 Å². The van der Waals surface area contributed by atoms with Crippen LogP contribution < -0.4 is 5.32 Å². The van der Waals surface area contributed by atoms with Gasteiger partial charge in [0.15, 0.2) is 0 Å². The summed E-state index contributed by atoms with van der Waals surface area (Å²) >= 11 is 0. The Bertz CT molecular complexity index is 473. The van der Waals surface area contributed by atoms with Gasteiger partial charge in [-0.15, -0.1) is 0 Å². The first-order valence-electron chi connectivity index (χ1n) is 7.11. The molecule has 2 heterocycles. The van der Waals surface area contributed by atoms with E-state index in [9.17, 15) is 19.2 Å². The van der Waals surface area contributed by atoms with Crippen molar-refractivity contribution in [2.75, 3.05) is 33.2 Å². The van der Waals surface area contributed by atoms with E-state index in [1.807, 2.05) is 6.92 Å². The summed E-state index contributed by atoms with van der Waals surface area (Å²) in [5.41, 5.74) is 0. The molecule has 2 fully saturated rings. The summed E-state index contributed by atoms with van der Waals surface area (Å²) in [4.78, 5) is 50.5. The number of amides is 5. The van der Waals surface area contributed by atoms with E-state index in [1.165, 1.54) is 7.05 Å². The summed E-state index contributed by atoms with van der Waals surface area (Å²) in [6, 6.07) is -0.655. The van der Waals surface area contributed by atoms with E-state index in [2.05, 4.69) is 5.32 Å². The molecule has 0 spiro atoms. The second-order valence-electron chi connectivity index (χ2n) is 5.27. The van der Waals surface area contributed by atoms with Gasteiger partial charge in [0.2, 0.25) is 5.91 Å². The second kappa shape index (κ2) is 6.21. The number of urea groups is 1. The van der Waals surface area contributed by atoms with Gasteiger partial charge < -0.3 is 10.2 Å². The zero-order valence-electron chi connectivity index (χ0n) is 12.3. The number of nitrogens with zero attached hydrogens (tertiary/aromatic N) is 3. The molecule has 116 valence electrons. The van der Waals surface area contributed by atoms with Crippen molar-refractivity contribution >= 4 is 23.8 Å². The molecule has 0 aliphatic carbocycles. The third kappa shape index (κ3) is 2.90. The summed E-state index contributed by atoms with van der Waals surface area (Å²) in [5.74, 6) is -2.12. The molecule has 1 unspecified atom stereocenters. The highest BCUT2D eigenvalue weighted by Crippen LogP contribution is 2.13. The lowest BCUT2D eigenvalue weighted by atomic mass is 10.2. The molecule has 2 saturated heterocycles. The highest BCUT2D eigenvalue weighted by Gasteiger charge is 2.43. The Labute approximate surface area is 123 Å². The second-order valence-corrected chi connectivity index (χ2v) is 5.27. The molecule has 0 aromatic rings. The lowest BCUT2D eigenvalue weighted by Crippen LogP contribution is -2.48. The van der Waals surface area contributed by atoms with Gasteiger partial charge in [-0.1, -0.05) is 6.92 Å². The van der Waals surface area contributed by atoms with Crippen LogP contribution in [0.4, 0.5) is 4.79 Å². The zero-order chi connectivity index (χ0) is 15.6. The molecule has 8 heteroatoms. The molecule has 1 N–H and O–H groups in total. The number of hydrogen-bond acceptors (Lipinski definition) is 5. The minimum Gasteiger partial charge on any atom is -0.337 e. The van der Waals surface area contributed by atoms with Gasteiger partial charge >= 0.3 is 17.8 Å². The molecule has 21 heavy (non-hydrogen) atoms. The highest BCUT2D eigenvalue weighted by atomic mass is 16.2. The third-order valence-corrected chi connectivity index (χ3v) is 3.80. The van der Waals surface area contributed by atoms with Crippen LogP contribution in [0.25, 0.3) is 0 Å². The minimum atomic E-state index is -0.933. The van der Waals surface area contributed by atoms with Crippen LogP contribution in [-0.4, -0.2) is 77.7 Å². The first-order chi connectivity index (χ1) is 9.97. The average Bonchev–Trinajstić information content (AvgIpc) is 3.05. The van der Waals surface area contributed by atoms with E-state index in [0.29, 0.717) is 13.1 Å². The number of nitrogens with one attached hydrogen (secondary N) is 1. The monoisotopic (exact) mass is 296 g/mol. The number of hydrogen-bond donors (Lipinski definition) is 1. The Morgan fingerprint density at radius 3 is 2.52 bits per heavy atom. The first-order valence-corrected chi connectivity index (χ1v) is 7.11. The van der Waals surface area contributed by atoms with Crippen LogP contribution in [0.15, 0.2) is 0 Å². The molecule has 0 aromatic heterocycles. The molecular weight excluding hydrogens is 276 g/mol. The van der Waals surface area contributed by atoms with Crippen LogP contribution >= 0.6 is 0 Å². The van der Waals surface area contributed by atoms with Crippen LogP contribution in [0.5, 0.6) is 0 Å². The van der Waals surface area contributed by atoms with E-state index < -0.39 is 17.8 Å². The minimum absolute atomic E-state index is 0.0821. The maximum atomic E-state index is 12.4. The summed E-state index contributed by atoms with van der Waals surface area (Å²) in [6.07, 6.45) is 1.65. The molecule has 2 rings (SSSR count). The summed E-state index contributed by atoms with van der Waals surface area (Å²) < 4.78 is 0. The zero-order valence-corrected chi connectivity index (χ0v) is 12.3. The number of likely N-dealkylation sites (N-methyl/N-ethyl adjacent to an activating group) is 1. The van der Waals surface area contributed by atoms with Crippen molar-refractivity contribution in [2.24, 2.45) is 0 Å². The molecule has 0 radical (unpaired) electrons. The van der Waals surface area contributed by atoms with Crippen molar-refractivity contribution in [3.05, 3.63) is 0 Å².